The predicted octanol–water partition coefficient (Wildman–Crippen LogP) is 3.17. The van der Waals surface area contributed by atoms with E-state index in [4.69, 9.17) is 18.4 Å². The lowest BCUT2D eigenvalue weighted by molar-refractivity contribution is 0.0429. The van der Waals surface area contributed by atoms with Crippen LogP contribution < -0.4 is 9.46 Å². The van der Waals surface area contributed by atoms with Crippen LogP contribution in [0, 0.1) is 0 Å². The highest BCUT2D eigenvalue weighted by atomic mass is 32.2. The van der Waals surface area contributed by atoms with Gasteiger partial charge in [0.15, 0.2) is 6.61 Å². The number of aromatic nitrogens is 2. The second kappa shape index (κ2) is 9.67. The third kappa shape index (κ3) is 5.45. The molecule has 0 atom stereocenters. The van der Waals surface area contributed by atoms with Crippen molar-refractivity contribution in [3.05, 3.63) is 84.1 Å². The molecule has 0 aliphatic carbocycles. The smallest absolute Gasteiger partial charge is 0.338 e. The molecule has 2 aromatic carbocycles. The average Bonchev–Trinajstić information content (AvgIpc) is 3.54. The van der Waals surface area contributed by atoms with Gasteiger partial charge in [-0.15, -0.1) is 0 Å². The highest BCUT2D eigenvalue weighted by Gasteiger charge is 2.17. The molecule has 170 valence electrons. The molecule has 0 fully saturated rings. The van der Waals surface area contributed by atoms with Crippen molar-refractivity contribution < 1.29 is 31.6 Å². The van der Waals surface area contributed by atoms with Crippen molar-refractivity contribution in [2.75, 3.05) is 7.11 Å². The second-order valence-corrected chi connectivity index (χ2v) is 8.51. The van der Waals surface area contributed by atoms with Gasteiger partial charge in [-0.1, -0.05) is 5.16 Å². The summed E-state index contributed by atoms with van der Waals surface area (Å²) >= 11 is 0. The van der Waals surface area contributed by atoms with Gasteiger partial charge >= 0.3 is 5.97 Å². The number of hydrogen-bond acceptors (Lipinski definition) is 9. The van der Waals surface area contributed by atoms with Gasteiger partial charge in [-0.2, -0.15) is 4.98 Å². The number of nitrogens with one attached hydrogen (secondary N) is 1. The monoisotopic (exact) mass is 469 g/mol. The minimum Gasteiger partial charge on any atom is -0.497 e. The third-order valence-corrected chi connectivity index (χ3v) is 5.98. The molecular weight excluding hydrogens is 450 g/mol. The van der Waals surface area contributed by atoms with E-state index in [0.29, 0.717) is 17.3 Å². The molecule has 0 spiro atoms. The summed E-state index contributed by atoms with van der Waals surface area (Å²) in [5, 5.41) is 3.87. The van der Waals surface area contributed by atoms with Crippen LogP contribution in [0.15, 0.2) is 80.8 Å². The predicted molar refractivity (Wildman–Crippen MR) is 115 cm³/mol. The van der Waals surface area contributed by atoms with Gasteiger partial charge in [-0.05, 0) is 60.7 Å². The van der Waals surface area contributed by atoms with Gasteiger partial charge in [-0.3, -0.25) is 0 Å². The van der Waals surface area contributed by atoms with E-state index < -0.39 is 16.0 Å². The normalized spacial score (nSPS) is 11.3. The standard InChI is InChI=1S/C22H19N3O7S/c1-29-17-8-4-15(5-9-17)21-24-20(32-25-21)14-31-22(26)16-6-10-19(11-7-16)33(27,28)23-13-18-3-2-12-30-18/h2-12,23H,13-14H2,1H3. The third-order valence-electron chi connectivity index (χ3n) is 4.56. The molecule has 11 heteroatoms. The van der Waals surface area contributed by atoms with Crippen LogP contribution in [0.1, 0.15) is 22.0 Å². The number of nitrogens with zero attached hydrogens (tertiary/aromatic N) is 2. The maximum absolute atomic E-state index is 12.4. The Bertz CT molecular complexity index is 1310. The zero-order chi connectivity index (χ0) is 23.3. The molecule has 2 aromatic heterocycles. The van der Waals surface area contributed by atoms with Crippen LogP contribution in [-0.4, -0.2) is 31.6 Å². The Morgan fingerprint density at radius 3 is 2.48 bits per heavy atom. The van der Waals surface area contributed by atoms with Crippen LogP contribution in [0.2, 0.25) is 0 Å². The number of ether oxygens (including phenoxy) is 2. The number of methoxy groups -OCH3 is 1. The van der Waals surface area contributed by atoms with Crippen LogP contribution in [0.5, 0.6) is 5.75 Å². The Hall–Kier alpha value is -3.96. The fourth-order valence-electron chi connectivity index (χ4n) is 2.81. The minimum atomic E-state index is -3.77. The molecule has 4 aromatic rings. The number of furan rings is 1. The van der Waals surface area contributed by atoms with E-state index in [-0.39, 0.29) is 29.5 Å². The first-order chi connectivity index (χ1) is 15.9. The molecule has 0 radical (unpaired) electrons. The summed E-state index contributed by atoms with van der Waals surface area (Å²) in [5.41, 5.74) is 0.893. The molecule has 0 saturated carbocycles. The van der Waals surface area contributed by atoms with E-state index >= 15 is 0 Å². The Morgan fingerprint density at radius 2 is 1.82 bits per heavy atom. The van der Waals surface area contributed by atoms with Crippen LogP contribution in [0.25, 0.3) is 11.4 Å². The van der Waals surface area contributed by atoms with E-state index in [9.17, 15) is 13.2 Å². The molecule has 33 heavy (non-hydrogen) atoms. The van der Waals surface area contributed by atoms with Gasteiger partial charge < -0.3 is 18.4 Å². The van der Waals surface area contributed by atoms with E-state index in [2.05, 4.69) is 14.9 Å². The number of hydrogen-bond donors (Lipinski definition) is 1. The molecule has 1 N–H and O–H groups in total. The Balaban J connectivity index is 1.33. The number of sulfonamides is 1. The average molecular weight is 469 g/mol. The summed E-state index contributed by atoms with van der Waals surface area (Å²) in [6, 6.07) is 15.8. The van der Waals surface area contributed by atoms with Gasteiger partial charge in [0.1, 0.15) is 11.5 Å². The summed E-state index contributed by atoms with van der Waals surface area (Å²) in [6.45, 7) is -0.214. The summed E-state index contributed by atoms with van der Waals surface area (Å²) in [4.78, 5) is 16.5. The number of esters is 1. The van der Waals surface area contributed by atoms with Crippen LogP contribution in [-0.2, 0) is 27.9 Å². The highest BCUT2D eigenvalue weighted by molar-refractivity contribution is 7.89. The summed E-state index contributed by atoms with van der Waals surface area (Å²) in [6.07, 6.45) is 1.46. The molecule has 0 saturated heterocycles. The van der Waals surface area contributed by atoms with Crippen LogP contribution in [0.3, 0.4) is 0 Å². The molecule has 0 aliphatic rings. The van der Waals surface area contributed by atoms with E-state index in [1.807, 2.05) is 0 Å². The number of rotatable bonds is 9. The Morgan fingerprint density at radius 1 is 1.06 bits per heavy atom. The topological polar surface area (TPSA) is 134 Å². The lowest BCUT2D eigenvalue weighted by Gasteiger charge is -2.06. The van der Waals surface area contributed by atoms with E-state index in [0.717, 1.165) is 5.56 Å². The van der Waals surface area contributed by atoms with Crippen molar-refractivity contribution >= 4 is 16.0 Å². The van der Waals surface area contributed by atoms with E-state index in [1.54, 1.807) is 43.5 Å². The van der Waals surface area contributed by atoms with Crippen LogP contribution >= 0.6 is 0 Å². The SMILES string of the molecule is COc1ccc(-c2noc(COC(=O)c3ccc(S(=O)(=O)NCc4ccco4)cc3)n2)cc1. The maximum atomic E-state index is 12.4. The molecular formula is C22H19N3O7S. The zero-order valence-corrected chi connectivity index (χ0v) is 18.2. The molecule has 4 rings (SSSR count). The summed E-state index contributed by atoms with van der Waals surface area (Å²) < 4.78 is 47.7. The Kier molecular flexibility index (Phi) is 6.52. The highest BCUT2D eigenvalue weighted by Crippen LogP contribution is 2.20. The van der Waals surface area contributed by atoms with Gasteiger partial charge in [0.05, 0.1) is 30.4 Å². The van der Waals surface area contributed by atoms with Crippen molar-refractivity contribution in [2.45, 2.75) is 18.0 Å². The largest absolute Gasteiger partial charge is 0.497 e. The van der Waals surface area contributed by atoms with Crippen molar-refractivity contribution in [3.63, 3.8) is 0 Å². The molecule has 0 bridgehead atoms. The fourth-order valence-corrected chi connectivity index (χ4v) is 3.81. The molecule has 0 aliphatic heterocycles. The lowest BCUT2D eigenvalue weighted by atomic mass is 10.2. The van der Waals surface area contributed by atoms with Gasteiger partial charge in [0, 0.05) is 5.56 Å². The van der Waals surface area contributed by atoms with Gasteiger partial charge in [0.2, 0.25) is 15.8 Å². The lowest BCUT2D eigenvalue weighted by Crippen LogP contribution is -2.23. The Labute approximate surface area is 189 Å². The van der Waals surface area contributed by atoms with Crippen molar-refractivity contribution in [2.24, 2.45) is 0 Å². The first-order valence-electron chi connectivity index (χ1n) is 9.71. The van der Waals surface area contributed by atoms with Crippen molar-refractivity contribution in [1.29, 1.82) is 0 Å². The molecule has 0 amide bonds. The van der Waals surface area contributed by atoms with Crippen molar-refractivity contribution in [1.82, 2.24) is 14.9 Å². The van der Waals surface area contributed by atoms with Crippen LogP contribution in [0.4, 0.5) is 0 Å². The molecule has 10 nitrogen and oxygen atoms in total. The zero-order valence-electron chi connectivity index (χ0n) is 17.4. The minimum absolute atomic E-state index is 0.00615. The first-order valence-corrected chi connectivity index (χ1v) is 11.2. The summed E-state index contributed by atoms with van der Waals surface area (Å²) in [5.74, 6) is 0.987. The second-order valence-electron chi connectivity index (χ2n) is 6.74. The quantitative estimate of drug-likeness (QED) is 0.367. The van der Waals surface area contributed by atoms with E-state index in [1.165, 1.54) is 30.5 Å². The first kappa shape index (κ1) is 22.2. The number of carbonyl (C=O) groups is 1. The maximum Gasteiger partial charge on any atom is 0.338 e. The van der Waals surface area contributed by atoms with Crippen molar-refractivity contribution in [3.8, 4) is 17.1 Å². The molecule has 2 heterocycles. The molecule has 0 unspecified atom stereocenters. The number of carbonyl (C=O) groups excluding carboxylic acids is 1. The van der Waals surface area contributed by atoms with Gasteiger partial charge in [0.25, 0.3) is 5.89 Å². The summed E-state index contributed by atoms with van der Waals surface area (Å²) in [7, 11) is -2.19. The number of benzene rings is 2. The fraction of sp³-hybridized carbons (Fsp3) is 0.136. The van der Waals surface area contributed by atoms with Gasteiger partial charge in [-0.25, -0.2) is 17.9 Å².